The number of hydrogen-bond acceptors (Lipinski definition) is 8. The number of carbonyl (C=O) groups excluding carboxylic acids is 1. The van der Waals surface area contributed by atoms with Crippen LogP contribution in [-0.2, 0) is 0 Å². The number of rotatable bonds is 8. The number of amides is 1. The monoisotopic (exact) mass is 537 g/mol. The number of hydrogen-bond donors (Lipinski definition) is 3. The van der Waals surface area contributed by atoms with Crippen LogP contribution in [-0.4, -0.2) is 69.8 Å². The number of likely N-dealkylation sites (N-methyl/N-ethyl adjacent to an activating group) is 1. The number of aryl methyl sites for hydroxylation is 2. The Balaban J connectivity index is 1.18. The molecule has 2 aromatic carbocycles. The van der Waals surface area contributed by atoms with Gasteiger partial charge < -0.3 is 25.8 Å². The minimum absolute atomic E-state index is 0.129. The number of nitrogens with zero attached hydrogens (tertiary/aromatic N) is 6. The number of carbonyl (C=O) groups is 1. The van der Waals surface area contributed by atoms with Gasteiger partial charge in [-0.15, -0.1) is 0 Å². The summed E-state index contributed by atoms with van der Waals surface area (Å²) in [5, 5.41) is 14.4. The van der Waals surface area contributed by atoms with E-state index in [1.165, 1.54) is 12.8 Å². The third kappa shape index (κ3) is 5.91. The summed E-state index contributed by atoms with van der Waals surface area (Å²) in [5.74, 6) is 2.10. The summed E-state index contributed by atoms with van der Waals surface area (Å²) in [7, 11) is 2.14. The van der Waals surface area contributed by atoms with Crippen molar-refractivity contribution >= 4 is 34.6 Å². The molecule has 3 N–H and O–H groups in total. The highest BCUT2D eigenvalue weighted by Gasteiger charge is 2.22. The maximum Gasteiger partial charge on any atom is 0.255 e. The minimum Gasteiger partial charge on any atom is -0.369 e. The first-order valence-electron chi connectivity index (χ1n) is 13.8. The molecule has 2 aromatic heterocycles. The molecule has 0 spiro atoms. The van der Waals surface area contributed by atoms with E-state index in [9.17, 15) is 4.79 Å². The Morgan fingerprint density at radius 1 is 0.950 bits per heavy atom. The molecule has 206 valence electrons. The molecule has 1 saturated carbocycles. The Bertz CT molecular complexity index is 1520. The number of benzene rings is 2. The van der Waals surface area contributed by atoms with Crippen LogP contribution in [0.15, 0.2) is 61.1 Å². The molecule has 4 aromatic rings. The van der Waals surface area contributed by atoms with Crippen molar-refractivity contribution in [2.24, 2.45) is 0 Å². The van der Waals surface area contributed by atoms with Gasteiger partial charge in [-0.25, -0.2) is 9.97 Å². The molecule has 2 fully saturated rings. The van der Waals surface area contributed by atoms with E-state index in [2.05, 4.69) is 53.9 Å². The van der Waals surface area contributed by atoms with Crippen LogP contribution in [0.5, 0.6) is 0 Å². The van der Waals surface area contributed by atoms with Crippen molar-refractivity contribution in [3.05, 3.63) is 77.7 Å². The van der Waals surface area contributed by atoms with Gasteiger partial charge in [0.05, 0.1) is 6.20 Å². The van der Waals surface area contributed by atoms with E-state index in [-0.39, 0.29) is 5.91 Å². The summed E-state index contributed by atoms with van der Waals surface area (Å²) in [6.45, 7) is 8.01. The van der Waals surface area contributed by atoms with Crippen molar-refractivity contribution in [2.45, 2.75) is 32.7 Å². The maximum atomic E-state index is 13.3. The lowest BCUT2D eigenvalue weighted by Gasteiger charge is -2.34. The first-order valence-corrected chi connectivity index (χ1v) is 13.8. The summed E-state index contributed by atoms with van der Waals surface area (Å²) in [6.07, 6.45) is 5.62. The van der Waals surface area contributed by atoms with Crippen molar-refractivity contribution in [3.63, 3.8) is 0 Å². The summed E-state index contributed by atoms with van der Waals surface area (Å²) < 4.78 is 1.75. The van der Waals surface area contributed by atoms with E-state index < -0.39 is 0 Å². The molecule has 0 bridgehead atoms. The van der Waals surface area contributed by atoms with Gasteiger partial charge in [-0.1, -0.05) is 6.07 Å². The molecule has 1 saturated heterocycles. The van der Waals surface area contributed by atoms with E-state index in [4.69, 9.17) is 0 Å². The van der Waals surface area contributed by atoms with E-state index in [1.807, 2.05) is 56.3 Å². The zero-order chi connectivity index (χ0) is 27.6. The van der Waals surface area contributed by atoms with Crippen LogP contribution in [0, 0.1) is 13.8 Å². The van der Waals surface area contributed by atoms with E-state index in [0.717, 1.165) is 60.3 Å². The smallest absolute Gasteiger partial charge is 0.255 e. The van der Waals surface area contributed by atoms with Crippen molar-refractivity contribution in [1.29, 1.82) is 0 Å². The Hall–Kier alpha value is -4.44. The standard InChI is InChI=1S/C30H35N9O/c1-20-14-22(16-25(15-20)38-12-10-37(3)11-13-38)30(40)35-24-5-4-21(2)26(17-24)36-28-8-9-33-39(28)29-18-27(31-19-32-29)34-23-6-7-23/h4-5,8-9,14-19,23,36H,6-7,10-13H2,1-3H3,(H,35,40)(H,31,32,34). The quantitative estimate of drug-likeness (QED) is 0.300. The number of anilines is 5. The summed E-state index contributed by atoms with van der Waals surface area (Å²) in [5.41, 5.74) is 5.44. The topological polar surface area (TPSA) is 103 Å². The lowest BCUT2D eigenvalue weighted by Crippen LogP contribution is -2.44. The molecule has 0 atom stereocenters. The van der Waals surface area contributed by atoms with Gasteiger partial charge in [-0.3, -0.25) is 4.79 Å². The third-order valence-electron chi connectivity index (χ3n) is 7.39. The molecular weight excluding hydrogens is 502 g/mol. The van der Waals surface area contributed by atoms with Crippen molar-refractivity contribution in [3.8, 4) is 5.82 Å². The fourth-order valence-electron chi connectivity index (χ4n) is 4.88. The van der Waals surface area contributed by atoms with E-state index >= 15 is 0 Å². The normalized spacial score (nSPS) is 15.6. The van der Waals surface area contributed by atoms with Gasteiger partial charge in [0, 0.05) is 67.0 Å². The number of aromatic nitrogens is 4. The van der Waals surface area contributed by atoms with Gasteiger partial charge in [0.1, 0.15) is 18.0 Å². The number of nitrogens with one attached hydrogen (secondary N) is 3. The highest BCUT2D eigenvalue weighted by molar-refractivity contribution is 6.05. The molecular formula is C30H35N9O. The van der Waals surface area contributed by atoms with Gasteiger partial charge in [0.2, 0.25) is 0 Å². The van der Waals surface area contributed by atoms with Crippen molar-refractivity contribution in [2.75, 3.05) is 54.1 Å². The Labute approximate surface area is 234 Å². The largest absolute Gasteiger partial charge is 0.369 e. The number of piperazine rings is 1. The van der Waals surface area contributed by atoms with E-state index in [1.54, 1.807) is 17.2 Å². The Kier molecular flexibility index (Phi) is 7.08. The Morgan fingerprint density at radius 2 is 1.77 bits per heavy atom. The lowest BCUT2D eigenvalue weighted by atomic mass is 10.1. The molecule has 2 aliphatic rings. The molecule has 1 aliphatic carbocycles. The molecule has 0 radical (unpaired) electrons. The van der Waals surface area contributed by atoms with Crippen LogP contribution in [0.25, 0.3) is 5.82 Å². The molecule has 1 amide bonds. The zero-order valence-electron chi connectivity index (χ0n) is 23.2. The van der Waals surface area contributed by atoms with Gasteiger partial charge in [0.25, 0.3) is 5.91 Å². The van der Waals surface area contributed by atoms with Gasteiger partial charge in [-0.05, 0) is 75.2 Å². The SMILES string of the molecule is Cc1cc(C(=O)Nc2ccc(C)c(Nc3ccnn3-c3cc(NC4CC4)ncn3)c2)cc(N2CCN(C)CC2)c1. The second-order valence-corrected chi connectivity index (χ2v) is 10.8. The zero-order valence-corrected chi connectivity index (χ0v) is 23.2. The average molecular weight is 538 g/mol. The van der Waals surface area contributed by atoms with Crippen LogP contribution in [0.4, 0.5) is 28.7 Å². The second-order valence-electron chi connectivity index (χ2n) is 10.8. The first-order chi connectivity index (χ1) is 19.4. The molecule has 10 nitrogen and oxygen atoms in total. The summed E-state index contributed by atoms with van der Waals surface area (Å²) in [4.78, 5) is 26.8. The van der Waals surface area contributed by atoms with Crippen molar-refractivity contribution in [1.82, 2.24) is 24.6 Å². The van der Waals surface area contributed by atoms with Gasteiger partial charge in [0.15, 0.2) is 5.82 Å². The third-order valence-corrected chi connectivity index (χ3v) is 7.39. The molecule has 1 aliphatic heterocycles. The average Bonchev–Trinajstić information content (AvgIpc) is 3.64. The highest BCUT2D eigenvalue weighted by atomic mass is 16.1. The van der Waals surface area contributed by atoms with Crippen LogP contribution in [0.1, 0.15) is 34.3 Å². The summed E-state index contributed by atoms with van der Waals surface area (Å²) >= 11 is 0. The van der Waals surface area contributed by atoms with Crippen LogP contribution < -0.4 is 20.9 Å². The lowest BCUT2D eigenvalue weighted by molar-refractivity contribution is 0.102. The predicted octanol–water partition coefficient (Wildman–Crippen LogP) is 4.60. The molecule has 6 rings (SSSR count). The van der Waals surface area contributed by atoms with Crippen LogP contribution in [0.3, 0.4) is 0 Å². The highest BCUT2D eigenvalue weighted by Crippen LogP contribution is 2.28. The van der Waals surface area contributed by atoms with Crippen molar-refractivity contribution < 1.29 is 4.79 Å². The molecule has 40 heavy (non-hydrogen) atoms. The maximum absolute atomic E-state index is 13.3. The molecule has 10 heteroatoms. The summed E-state index contributed by atoms with van der Waals surface area (Å²) in [6, 6.07) is 16.2. The molecule has 3 heterocycles. The van der Waals surface area contributed by atoms with Gasteiger partial charge in [-0.2, -0.15) is 9.78 Å². The fraction of sp³-hybridized carbons (Fsp3) is 0.333. The van der Waals surface area contributed by atoms with Crippen LogP contribution in [0.2, 0.25) is 0 Å². The Morgan fingerprint density at radius 3 is 2.58 bits per heavy atom. The molecule has 0 unspecified atom stereocenters. The van der Waals surface area contributed by atoms with Gasteiger partial charge >= 0.3 is 0 Å². The second kappa shape index (κ2) is 11.0. The minimum atomic E-state index is -0.129. The fourth-order valence-corrected chi connectivity index (χ4v) is 4.88. The van der Waals surface area contributed by atoms with E-state index in [0.29, 0.717) is 23.1 Å². The predicted molar refractivity (Wildman–Crippen MR) is 159 cm³/mol. The first kappa shape index (κ1) is 25.8. The van der Waals surface area contributed by atoms with Crippen LogP contribution >= 0.6 is 0 Å².